The Hall–Kier alpha value is -0.820. The summed E-state index contributed by atoms with van der Waals surface area (Å²) in [6.07, 6.45) is 3.95. The Bertz CT molecular complexity index is 268. The molecule has 4 N–H and O–H groups in total. The van der Waals surface area contributed by atoms with Crippen molar-refractivity contribution < 1.29 is 19.4 Å². The Morgan fingerprint density at radius 1 is 1.20 bits per heavy atom. The molecule has 1 amide bonds. The Labute approximate surface area is 129 Å². The Morgan fingerprint density at radius 2 is 1.70 bits per heavy atom. The maximum absolute atomic E-state index is 11.2. The minimum Gasteiger partial charge on any atom is -0.481 e. The van der Waals surface area contributed by atoms with Gasteiger partial charge in [0.25, 0.3) is 0 Å². The van der Waals surface area contributed by atoms with Gasteiger partial charge in [0, 0.05) is 6.54 Å². The highest BCUT2D eigenvalue weighted by Crippen LogP contribution is 2.06. The molecule has 0 heterocycles. The predicted octanol–water partition coefficient (Wildman–Crippen LogP) is 2.50. The topological polar surface area (TPSA) is 102 Å². The van der Waals surface area contributed by atoms with E-state index < -0.39 is 11.6 Å². The predicted molar refractivity (Wildman–Crippen MR) is 83.2 cm³/mol. The SMILES string of the molecule is CC(C)(C)OC(=O)NCCCCCCN.O=C(O)CBr. The monoisotopic (exact) mass is 354 g/mol. The molecule has 7 heteroatoms. The summed E-state index contributed by atoms with van der Waals surface area (Å²) >= 11 is 2.71. The maximum Gasteiger partial charge on any atom is 0.407 e. The van der Waals surface area contributed by atoms with Crippen LogP contribution in [-0.2, 0) is 9.53 Å². The van der Waals surface area contributed by atoms with Gasteiger partial charge in [-0.05, 0) is 40.2 Å². The molecule has 0 fully saturated rings. The summed E-state index contributed by atoms with van der Waals surface area (Å²) in [5.74, 6) is -0.829. The van der Waals surface area contributed by atoms with Crippen molar-refractivity contribution in [1.29, 1.82) is 0 Å². The molecule has 120 valence electrons. The Balaban J connectivity index is 0. The highest BCUT2D eigenvalue weighted by atomic mass is 79.9. The average Bonchev–Trinajstić information content (AvgIpc) is 2.32. The second-order valence-corrected chi connectivity index (χ2v) is 5.72. The molecule has 0 aromatic heterocycles. The van der Waals surface area contributed by atoms with Crippen LogP contribution < -0.4 is 11.1 Å². The number of carboxylic acids is 1. The van der Waals surface area contributed by atoms with Gasteiger partial charge in [0.2, 0.25) is 0 Å². The lowest BCUT2D eigenvalue weighted by Crippen LogP contribution is -2.32. The van der Waals surface area contributed by atoms with E-state index in [2.05, 4.69) is 21.2 Å². The van der Waals surface area contributed by atoms with Crippen molar-refractivity contribution in [1.82, 2.24) is 5.32 Å². The fourth-order valence-corrected chi connectivity index (χ4v) is 1.13. The van der Waals surface area contributed by atoms with Crippen LogP contribution in [0.1, 0.15) is 46.5 Å². The van der Waals surface area contributed by atoms with E-state index in [1.54, 1.807) is 0 Å². The number of hydrogen-bond acceptors (Lipinski definition) is 4. The number of halogens is 1. The number of carboxylic acid groups (broad SMARTS) is 1. The second kappa shape index (κ2) is 13.2. The van der Waals surface area contributed by atoms with Gasteiger partial charge in [-0.3, -0.25) is 4.79 Å². The van der Waals surface area contributed by atoms with Crippen LogP contribution in [-0.4, -0.2) is 41.2 Å². The summed E-state index contributed by atoms with van der Waals surface area (Å²) in [6, 6.07) is 0. The first-order valence-corrected chi connectivity index (χ1v) is 7.79. The normalized spacial score (nSPS) is 10.2. The third-order valence-electron chi connectivity index (χ3n) is 1.91. The molecule has 0 radical (unpaired) electrons. The van der Waals surface area contributed by atoms with Gasteiger partial charge in [-0.1, -0.05) is 28.8 Å². The number of carbonyl (C=O) groups excluding carboxylic acids is 1. The summed E-state index contributed by atoms with van der Waals surface area (Å²) < 4.78 is 5.10. The fraction of sp³-hybridized carbons (Fsp3) is 0.846. The standard InChI is InChI=1S/C11H24N2O2.C2H3BrO2/c1-11(2,3)15-10(14)13-9-7-5-4-6-8-12;3-1-2(4)5/h4-9,12H2,1-3H3,(H,13,14);1H2,(H,4,5). The first-order valence-electron chi connectivity index (χ1n) is 6.67. The number of nitrogens with two attached hydrogens (primary N) is 1. The first kappa shape index (κ1) is 21.5. The summed E-state index contributed by atoms with van der Waals surface area (Å²) in [7, 11) is 0. The number of rotatable bonds is 7. The van der Waals surface area contributed by atoms with Crippen molar-refractivity contribution in [3.63, 3.8) is 0 Å². The quantitative estimate of drug-likeness (QED) is 0.481. The van der Waals surface area contributed by atoms with Gasteiger partial charge in [0.1, 0.15) is 10.9 Å². The third kappa shape index (κ3) is 22.4. The smallest absolute Gasteiger partial charge is 0.407 e. The zero-order valence-corrected chi connectivity index (χ0v) is 14.2. The van der Waals surface area contributed by atoms with Crippen molar-refractivity contribution in [2.45, 2.75) is 52.1 Å². The number of amides is 1. The molecule has 0 aliphatic carbocycles. The van der Waals surface area contributed by atoms with Gasteiger partial charge in [0.15, 0.2) is 0 Å². The molecule has 0 aliphatic heterocycles. The van der Waals surface area contributed by atoms with Crippen molar-refractivity contribution in [2.24, 2.45) is 5.73 Å². The molecule has 0 rings (SSSR count). The number of unbranched alkanes of at least 4 members (excludes halogenated alkanes) is 3. The lowest BCUT2D eigenvalue weighted by Gasteiger charge is -2.19. The summed E-state index contributed by atoms with van der Waals surface area (Å²) in [5, 5.41) is 10.4. The zero-order valence-electron chi connectivity index (χ0n) is 12.6. The summed E-state index contributed by atoms with van der Waals surface area (Å²) in [5.41, 5.74) is 4.96. The van der Waals surface area contributed by atoms with Crippen LogP contribution in [0, 0.1) is 0 Å². The average molecular weight is 355 g/mol. The van der Waals surface area contributed by atoms with E-state index in [0.717, 1.165) is 32.2 Å². The van der Waals surface area contributed by atoms with Crippen LogP contribution in [0.2, 0.25) is 0 Å². The largest absolute Gasteiger partial charge is 0.481 e. The fourth-order valence-electron chi connectivity index (χ4n) is 1.13. The third-order valence-corrected chi connectivity index (χ3v) is 2.39. The van der Waals surface area contributed by atoms with Crippen molar-refractivity contribution >= 4 is 28.0 Å². The van der Waals surface area contributed by atoms with E-state index in [4.69, 9.17) is 15.6 Å². The van der Waals surface area contributed by atoms with E-state index >= 15 is 0 Å². The van der Waals surface area contributed by atoms with Crippen LogP contribution in [0.3, 0.4) is 0 Å². The minimum absolute atomic E-state index is 0.0347. The molecule has 0 saturated carbocycles. The molecule has 0 bridgehead atoms. The minimum atomic E-state index is -0.829. The number of alkyl carbamates (subject to hydrolysis) is 1. The van der Waals surface area contributed by atoms with Crippen LogP contribution >= 0.6 is 15.9 Å². The molecule has 0 saturated heterocycles. The Morgan fingerprint density at radius 3 is 2.10 bits per heavy atom. The van der Waals surface area contributed by atoms with Crippen LogP contribution in [0.25, 0.3) is 0 Å². The van der Waals surface area contributed by atoms with Crippen LogP contribution in [0.4, 0.5) is 4.79 Å². The van der Waals surface area contributed by atoms with E-state index in [1.165, 1.54) is 0 Å². The highest BCUT2D eigenvalue weighted by Gasteiger charge is 2.15. The summed E-state index contributed by atoms with van der Waals surface area (Å²) in [4.78, 5) is 20.5. The zero-order chi connectivity index (χ0) is 16.0. The number of ether oxygens (including phenoxy) is 1. The number of hydrogen-bond donors (Lipinski definition) is 3. The summed E-state index contributed by atoms with van der Waals surface area (Å²) in [6.45, 7) is 6.99. The Kier molecular flexibility index (Phi) is 14.2. The van der Waals surface area contributed by atoms with Crippen LogP contribution in [0.15, 0.2) is 0 Å². The lowest BCUT2D eigenvalue weighted by atomic mass is 10.2. The molecular formula is C13H27BrN2O4. The van der Waals surface area contributed by atoms with E-state index in [1.807, 2.05) is 20.8 Å². The van der Waals surface area contributed by atoms with E-state index in [0.29, 0.717) is 6.54 Å². The van der Waals surface area contributed by atoms with Gasteiger partial charge in [-0.2, -0.15) is 0 Å². The van der Waals surface area contributed by atoms with Crippen molar-refractivity contribution in [3.8, 4) is 0 Å². The molecule has 0 aliphatic rings. The van der Waals surface area contributed by atoms with Gasteiger partial charge < -0.3 is 20.9 Å². The molecule has 0 aromatic carbocycles. The molecule has 0 atom stereocenters. The van der Waals surface area contributed by atoms with Gasteiger partial charge in [0.05, 0.1) is 0 Å². The molecule has 0 unspecified atom stereocenters. The number of nitrogens with one attached hydrogen (secondary N) is 1. The number of alkyl halides is 1. The molecule has 6 nitrogen and oxygen atoms in total. The maximum atomic E-state index is 11.2. The highest BCUT2D eigenvalue weighted by molar-refractivity contribution is 9.09. The molecule has 20 heavy (non-hydrogen) atoms. The number of carbonyl (C=O) groups is 2. The molecular weight excluding hydrogens is 328 g/mol. The molecule has 0 spiro atoms. The first-order chi connectivity index (χ1) is 9.22. The van der Waals surface area contributed by atoms with Crippen LogP contribution in [0.5, 0.6) is 0 Å². The van der Waals surface area contributed by atoms with Crippen molar-refractivity contribution in [3.05, 3.63) is 0 Å². The number of aliphatic carboxylic acids is 1. The molecule has 0 aromatic rings. The lowest BCUT2D eigenvalue weighted by molar-refractivity contribution is -0.133. The van der Waals surface area contributed by atoms with E-state index in [-0.39, 0.29) is 11.4 Å². The van der Waals surface area contributed by atoms with E-state index in [9.17, 15) is 9.59 Å². The van der Waals surface area contributed by atoms with Gasteiger partial charge in [-0.25, -0.2) is 4.79 Å². The second-order valence-electron chi connectivity index (χ2n) is 5.16. The van der Waals surface area contributed by atoms with Gasteiger partial charge in [-0.15, -0.1) is 0 Å². The van der Waals surface area contributed by atoms with Gasteiger partial charge >= 0.3 is 12.1 Å². The van der Waals surface area contributed by atoms with Crippen molar-refractivity contribution in [2.75, 3.05) is 18.4 Å².